The zero-order valence-electron chi connectivity index (χ0n) is 21.8. The lowest BCUT2D eigenvalue weighted by molar-refractivity contribution is 0.0728. The molecule has 202 valence electrons. The molecule has 40 heavy (non-hydrogen) atoms. The number of halogens is 1. The van der Waals surface area contributed by atoms with E-state index in [4.69, 9.17) is 9.47 Å². The van der Waals surface area contributed by atoms with E-state index in [0.29, 0.717) is 40.3 Å². The molecule has 0 unspecified atom stereocenters. The third-order valence-corrected chi connectivity index (χ3v) is 6.18. The monoisotopic (exact) mass is 599 g/mol. The van der Waals surface area contributed by atoms with Crippen LogP contribution in [0.15, 0.2) is 101 Å². The van der Waals surface area contributed by atoms with Gasteiger partial charge in [-0.25, -0.2) is 10.2 Å². The van der Waals surface area contributed by atoms with Crippen LogP contribution in [0.1, 0.15) is 49.1 Å². The molecule has 0 spiro atoms. The van der Waals surface area contributed by atoms with Crippen LogP contribution in [0.4, 0.5) is 5.69 Å². The van der Waals surface area contributed by atoms with Crippen molar-refractivity contribution in [1.29, 1.82) is 0 Å². The molecule has 8 nitrogen and oxygen atoms in total. The summed E-state index contributed by atoms with van der Waals surface area (Å²) in [4.78, 5) is 37.4. The van der Waals surface area contributed by atoms with Crippen molar-refractivity contribution < 1.29 is 23.9 Å². The molecule has 4 rings (SSSR count). The summed E-state index contributed by atoms with van der Waals surface area (Å²) in [5.74, 6) is -0.513. The van der Waals surface area contributed by atoms with E-state index in [1.165, 1.54) is 6.21 Å². The van der Waals surface area contributed by atoms with Gasteiger partial charge in [-0.1, -0.05) is 33.6 Å². The Bertz CT molecular complexity index is 1530. The average Bonchev–Trinajstić information content (AvgIpc) is 2.95. The predicted octanol–water partition coefficient (Wildman–Crippen LogP) is 6.39. The summed E-state index contributed by atoms with van der Waals surface area (Å²) in [6.07, 6.45) is 1.46. The van der Waals surface area contributed by atoms with Gasteiger partial charge in [0.05, 0.1) is 18.4 Å². The molecule has 0 fully saturated rings. The van der Waals surface area contributed by atoms with Gasteiger partial charge in [0.1, 0.15) is 0 Å². The van der Waals surface area contributed by atoms with Crippen molar-refractivity contribution in [3.63, 3.8) is 0 Å². The minimum Gasteiger partial charge on any atom is -0.490 e. The van der Waals surface area contributed by atoms with Gasteiger partial charge in [0.2, 0.25) is 0 Å². The van der Waals surface area contributed by atoms with Crippen molar-refractivity contribution in [2.24, 2.45) is 5.10 Å². The van der Waals surface area contributed by atoms with E-state index >= 15 is 0 Å². The highest BCUT2D eigenvalue weighted by Crippen LogP contribution is 2.29. The number of hydrogen-bond donors (Lipinski definition) is 2. The van der Waals surface area contributed by atoms with Gasteiger partial charge >= 0.3 is 5.97 Å². The van der Waals surface area contributed by atoms with Crippen molar-refractivity contribution in [2.45, 2.75) is 13.8 Å². The van der Waals surface area contributed by atoms with Crippen molar-refractivity contribution in [1.82, 2.24) is 5.43 Å². The quantitative estimate of drug-likeness (QED) is 0.100. The number of carbonyl (C=O) groups excluding carboxylic acids is 3. The molecule has 4 aromatic rings. The number of benzene rings is 4. The molecule has 0 saturated carbocycles. The topological polar surface area (TPSA) is 106 Å². The average molecular weight is 600 g/mol. The number of nitrogens with one attached hydrogen (secondary N) is 2. The smallest absolute Gasteiger partial charge is 0.343 e. The molecule has 0 radical (unpaired) electrons. The summed E-state index contributed by atoms with van der Waals surface area (Å²) >= 11 is 3.34. The van der Waals surface area contributed by atoms with Crippen molar-refractivity contribution in [3.05, 3.63) is 123 Å². The Labute approximate surface area is 240 Å². The molecule has 2 N–H and O–H groups in total. The van der Waals surface area contributed by atoms with Gasteiger partial charge in [-0.15, -0.1) is 0 Å². The fourth-order valence-electron chi connectivity index (χ4n) is 3.55. The SMILES string of the molecule is CCOc1cc(/C=N\NC(=O)c2ccc(NC(=O)c3ccc(Br)cc3)cc2)ccc1OC(=O)c1ccc(C)cc1. The first kappa shape index (κ1) is 28.3. The van der Waals surface area contributed by atoms with E-state index in [-0.39, 0.29) is 11.7 Å². The van der Waals surface area contributed by atoms with Gasteiger partial charge in [-0.05, 0) is 98.3 Å². The number of esters is 1. The number of hydrogen-bond acceptors (Lipinski definition) is 6. The number of nitrogens with zero attached hydrogens (tertiary/aromatic N) is 1. The molecule has 9 heteroatoms. The molecule has 0 atom stereocenters. The summed E-state index contributed by atoms with van der Waals surface area (Å²) in [7, 11) is 0. The van der Waals surface area contributed by atoms with Crippen LogP contribution in [0.3, 0.4) is 0 Å². The third-order valence-electron chi connectivity index (χ3n) is 5.65. The first-order valence-electron chi connectivity index (χ1n) is 12.4. The Morgan fingerprint density at radius 3 is 2.10 bits per heavy atom. The number of carbonyl (C=O) groups is 3. The minimum absolute atomic E-state index is 0.253. The van der Waals surface area contributed by atoms with Gasteiger partial charge in [0, 0.05) is 21.3 Å². The Morgan fingerprint density at radius 2 is 1.43 bits per heavy atom. The Morgan fingerprint density at radius 1 is 0.800 bits per heavy atom. The summed E-state index contributed by atoms with van der Waals surface area (Å²) < 4.78 is 12.1. The molecular weight excluding hydrogens is 574 g/mol. The number of hydrazone groups is 1. The largest absolute Gasteiger partial charge is 0.490 e. The van der Waals surface area contributed by atoms with Crippen LogP contribution in [0.25, 0.3) is 0 Å². The van der Waals surface area contributed by atoms with E-state index < -0.39 is 11.9 Å². The number of anilines is 1. The maximum absolute atomic E-state index is 12.5. The highest BCUT2D eigenvalue weighted by Gasteiger charge is 2.13. The zero-order chi connectivity index (χ0) is 28.5. The fraction of sp³-hybridized carbons (Fsp3) is 0.0968. The second kappa shape index (κ2) is 13.3. The van der Waals surface area contributed by atoms with E-state index in [1.54, 1.807) is 78.9 Å². The molecule has 0 aliphatic carbocycles. The number of amides is 2. The van der Waals surface area contributed by atoms with E-state index in [9.17, 15) is 14.4 Å². The second-order valence-corrected chi connectivity index (χ2v) is 9.55. The fourth-order valence-corrected chi connectivity index (χ4v) is 3.81. The lowest BCUT2D eigenvalue weighted by atomic mass is 10.1. The van der Waals surface area contributed by atoms with Gasteiger partial charge in [0.15, 0.2) is 11.5 Å². The van der Waals surface area contributed by atoms with Crippen molar-refractivity contribution in [2.75, 3.05) is 11.9 Å². The maximum atomic E-state index is 12.5. The van der Waals surface area contributed by atoms with E-state index in [1.807, 2.05) is 26.0 Å². The zero-order valence-corrected chi connectivity index (χ0v) is 23.4. The lowest BCUT2D eigenvalue weighted by Gasteiger charge is -2.11. The summed E-state index contributed by atoms with van der Waals surface area (Å²) in [6.45, 7) is 4.13. The molecule has 0 saturated heterocycles. The highest BCUT2D eigenvalue weighted by atomic mass is 79.9. The van der Waals surface area contributed by atoms with Gasteiger partial charge in [-0.2, -0.15) is 5.10 Å². The summed E-state index contributed by atoms with van der Waals surface area (Å²) in [5.41, 5.74) is 6.02. The Balaban J connectivity index is 1.35. The van der Waals surface area contributed by atoms with E-state index in [2.05, 4.69) is 31.8 Å². The molecule has 0 aromatic heterocycles. The molecule has 0 heterocycles. The number of ether oxygens (including phenoxy) is 2. The van der Waals surface area contributed by atoms with Gasteiger partial charge < -0.3 is 14.8 Å². The van der Waals surface area contributed by atoms with Crippen LogP contribution in [0, 0.1) is 6.92 Å². The first-order chi connectivity index (χ1) is 19.3. The molecule has 0 aliphatic rings. The lowest BCUT2D eigenvalue weighted by Crippen LogP contribution is -2.18. The third kappa shape index (κ3) is 7.64. The van der Waals surface area contributed by atoms with Crippen LogP contribution in [0.2, 0.25) is 0 Å². The molecule has 2 amide bonds. The Hall–Kier alpha value is -4.76. The maximum Gasteiger partial charge on any atom is 0.343 e. The van der Waals surface area contributed by atoms with Crippen LogP contribution in [-0.4, -0.2) is 30.6 Å². The molecule has 4 aromatic carbocycles. The van der Waals surface area contributed by atoms with Gasteiger partial charge in [0.25, 0.3) is 11.8 Å². The van der Waals surface area contributed by atoms with Crippen LogP contribution in [0.5, 0.6) is 11.5 Å². The van der Waals surface area contributed by atoms with Gasteiger partial charge in [-0.3, -0.25) is 9.59 Å². The summed E-state index contributed by atoms with van der Waals surface area (Å²) in [6, 6.07) is 25.5. The summed E-state index contributed by atoms with van der Waals surface area (Å²) in [5, 5.41) is 6.81. The first-order valence-corrected chi connectivity index (χ1v) is 13.2. The molecule has 0 aliphatic heterocycles. The van der Waals surface area contributed by atoms with Crippen LogP contribution < -0.4 is 20.2 Å². The second-order valence-electron chi connectivity index (χ2n) is 8.63. The minimum atomic E-state index is -0.492. The predicted molar refractivity (Wildman–Crippen MR) is 157 cm³/mol. The standard InChI is InChI=1S/C31H26BrN3O5/c1-3-39-28-18-21(6-17-27(28)40-31(38)24-7-4-20(2)5-8-24)19-33-35-30(37)23-11-15-26(16-12-23)34-29(36)22-9-13-25(32)14-10-22/h4-19H,3H2,1-2H3,(H,34,36)(H,35,37)/b33-19-. The van der Waals surface area contributed by atoms with Crippen molar-refractivity contribution in [3.8, 4) is 11.5 Å². The molecule has 0 bridgehead atoms. The van der Waals surface area contributed by atoms with Crippen LogP contribution in [-0.2, 0) is 0 Å². The highest BCUT2D eigenvalue weighted by molar-refractivity contribution is 9.10. The number of rotatable bonds is 9. The molecular formula is C31H26BrN3O5. The van der Waals surface area contributed by atoms with Crippen LogP contribution >= 0.6 is 15.9 Å². The Kier molecular flexibility index (Phi) is 9.43. The normalized spacial score (nSPS) is 10.7. The van der Waals surface area contributed by atoms with Crippen molar-refractivity contribution >= 4 is 45.6 Å². The number of aryl methyl sites for hydroxylation is 1. The van der Waals surface area contributed by atoms with E-state index in [0.717, 1.165) is 10.0 Å².